The average molecular weight is 481 g/mol. The number of hydrogen-bond donors (Lipinski definition) is 0. The first-order valence-electron chi connectivity index (χ1n) is 10.9. The van der Waals surface area contributed by atoms with Crippen LogP contribution >= 0.6 is 15.9 Å². The Kier molecular flexibility index (Phi) is 5.22. The first kappa shape index (κ1) is 20.7. The Morgan fingerprint density at radius 3 is 2.03 bits per heavy atom. The molecule has 0 fully saturated rings. The number of para-hydroxylation sites is 1. The van der Waals surface area contributed by atoms with E-state index in [2.05, 4.69) is 132 Å². The summed E-state index contributed by atoms with van der Waals surface area (Å²) in [5, 5.41) is 0. The van der Waals surface area contributed by atoms with E-state index in [1.54, 1.807) is 0 Å². The van der Waals surface area contributed by atoms with Gasteiger partial charge in [-0.3, -0.25) is 4.57 Å². The Morgan fingerprint density at radius 1 is 0.719 bits per heavy atom. The van der Waals surface area contributed by atoms with Crippen molar-refractivity contribution in [2.24, 2.45) is 0 Å². The van der Waals surface area contributed by atoms with Gasteiger partial charge < -0.3 is 0 Å². The first-order chi connectivity index (χ1) is 15.4. The molecule has 2 nitrogen and oxygen atoms in total. The second-order valence-electron chi connectivity index (χ2n) is 9.09. The summed E-state index contributed by atoms with van der Waals surface area (Å²) in [6.45, 7) is 6.78. The zero-order valence-electron chi connectivity index (χ0n) is 18.5. The Balaban J connectivity index is 1.88. The third kappa shape index (κ3) is 3.67. The van der Waals surface area contributed by atoms with Gasteiger partial charge >= 0.3 is 0 Å². The van der Waals surface area contributed by atoms with Crippen LogP contribution in [0.15, 0.2) is 102 Å². The van der Waals surface area contributed by atoms with E-state index in [0.717, 1.165) is 32.6 Å². The van der Waals surface area contributed by atoms with Gasteiger partial charge in [-0.2, -0.15) is 0 Å². The molecule has 0 amide bonds. The van der Waals surface area contributed by atoms with Crippen molar-refractivity contribution in [2.45, 2.75) is 26.2 Å². The SMILES string of the molecule is CC(C)(C)c1ccc(-n2c(-c3ccccc3)nc3c(Br)cccc32)c(-c2ccccc2)c1. The number of imidazole rings is 1. The Bertz CT molecular complexity index is 1390. The summed E-state index contributed by atoms with van der Waals surface area (Å²) in [6.07, 6.45) is 0. The van der Waals surface area contributed by atoms with Gasteiger partial charge in [0.05, 0.1) is 11.2 Å². The van der Waals surface area contributed by atoms with Gasteiger partial charge in [0.25, 0.3) is 0 Å². The number of halogens is 1. The molecule has 0 saturated heterocycles. The number of rotatable bonds is 3. The fourth-order valence-electron chi connectivity index (χ4n) is 4.14. The van der Waals surface area contributed by atoms with Crippen LogP contribution in [-0.4, -0.2) is 9.55 Å². The van der Waals surface area contributed by atoms with Crippen molar-refractivity contribution in [3.05, 3.63) is 107 Å². The zero-order chi connectivity index (χ0) is 22.3. The Labute approximate surface area is 197 Å². The maximum absolute atomic E-state index is 5.08. The minimum Gasteiger partial charge on any atom is -0.292 e. The molecule has 0 bridgehead atoms. The van der Waals surface area contributed by atoms with Crippen molar-refractivity contribution < 1.29 is 0 Å². The van der Waals surface area contributed by atoms with Gasteiger partial charge in [-0.25, -0.2) is 4.98 Å². The van der Waals surface area contributed by atoms with Crippen molar-refractivity contribution in [1.29, 1.82) is 0 Å². The molecule has 32 heavy (non-hydrogen) atoms. The van der Waals surface area contributed by atoms with Gasteiger partial charge in [-0.05, 0) is 56.7 Å². The van der Waals surface area contributed by atoms with Crippen molar-refractivity contribution in [3.63, 3.8) is 0 Å². The van der Waals surface area contributed by atoms with Crippen LogP contribution in [0.2, 0.25) is 0 Å². The highest BCUT2D eigenvalue weighted by Gasteiger charge is 2.21. The Morgan fingerprint density at radius 2 is 1.38 bits per heavy atom. The van der Waals surface area contributed by atoms with Crippen LogP contribution in [0.25, 0.3) is 39.2 Å². The predicted octanol–water partition coefficient (Wildman–Crippen LogP) is 8.42. The van der Waals surface area contributed by atoms with Gasteiger partial charge in [0.15, 0.2) is 0 Å². The van der Waals surface area contributed by atoms with Gasteiger partial charge in [0, 0.05) is 15.6 Å². The summed E-state index contributed by atoms with van der Waals surface area (Å²) in [5.74, 6) is 0.938. The molecule has 0 atom stereocenters. The summed E-state index contributed by atoms with van der Waals surface area (Å²) in [4.78, 5) is 5.08. The molecule has 4 aromatic carbocycles. The molecule has 158 valence electrons. The molecule has 1 heterocycles. The molecule has 0 radical (unpaired) electrons. The summed E-state index contributed by atoms with van der Waals surface area (Å²) in [7, 11) is 0. The van der Waals surface area contributed by atoms with E-state index in [4.69, 9.17) is 4.98 Å². The molecule has 0 N–H and O–H groups in total. The lowest BCUT2D eigenvalue weighted by Gasteiger charge is -2.23. The summed E-state index contributed by atoms with van der Waals surface area (Å²) in [6, 6.07) is 34.2. The van der Waals surface area contributed by atoms with Gasteiger partial charge in [0.1, 0.15) is 11.3 Å². The number of aromatic nitrogens is 2. The highest BCUT2D eigenvalue weighted by atomic mass is 79.9. The van der Waals surface area contributed by atoms with Crippen molar-refractivity contribution in [3.8, 4) is 28.2 Å². The third-order valence-electron chi connectivity index (χ3n) is 5.86. The van der Waals surface area contributed by atoms with Crippen molar-refractivity contribution in [1.82, 2.24) is 9.55 Å². The van der Waals surface area contributed by atoms with Gasteiger partial charge in [0.2, 0.25) is 0 Å². The van der Waals surface area contributed by atoms with E-state index in [-0.39, 0.29) is 5.41 Å². The maximum Gasteiger partial charge on any atom is 0.145 e. The van der Waals surface area contributed by atoms with E-state index in [1.165, 1.54) is 16.7 Å². The molecular weight excluding hydrogens is 456 g/mol. The fraction of sp³-hybridized carbons (Fsp3) is 0.138. The van der Waals surface area contributed by atoms with Crippen molar-refractivity contribution >= 4 is 27.0 Å². The molecule has 0 aliphatic carbocycles. The molecule has 0 unspecified atom stereocenters. The van der Waals surface area contributed by atoms with Crippen LogP contribution in [0.4, 0.5) is 0 Å². The van der Waals surface area contributed by atoms with Crippen LogP contribution in [-0.2, 0) is 5.41 Å². The fourth-order valence-corrected chi connectivity index (χ4v) is 4.58. The highest BCUT2D eigenvalue weighted by Crippen LogP contribution is 2.38. The summed E-state index contributed by atoms with van der Waals surface area (Å²) >= 11 is 3.71. The predicted molar refractivity (Wildman–Crippen MR) is 138 cm³/mol. The second-order valence-corrected chi connectivity index (χ2v) is 9.95. The van der Waals surface area contributed by atoms with Crippen LogP contribution in [0.1, 0.15) is 26.3 Å². The second kappa shape index (κ2) is 8.07. The standard InChI is InChI=1S/C29H25BrN2/c1-29(2,3)22-17-18-25(23(19-22)20-11-6-4-7-12-20)32-26-16-10-15-24(30)27(26)31-28(32)21-13-8-5-9-14-21/h4-19H,1-3H3. The largest absolute Gasteiger partial charge is 0.292 e. The highest BCUT2D eigenvalue weighted by molar-refractivity contribution is 9.10. The first-order valence-corrected chi connectivity index (χ1v) is 11.7. The number of nitrogens with zero attached hydrogens (tertiary/aromatic N) is 2. The topological polar surface area (TPSA) is 17.8 Å². The molecule has 0 saturated carbocycles. The van der Waals surface area contributed by atoms with Crippen LogP contribution in [0.5, 0.6) is 0 Å². The minimum absolute atomic E-state index is 0.0599. The molecule has 3 heteroatoms. The summed E-state index contributed by atoms with van der Waals surface area (Å²) in [5.41, 5.74) is 8.04. The molecule has 0 aliphatic rings. The number of benzene rings is 4. The lowest BCUT2D eigenvalue weighted by molar-refractivity contribution is 0.590. The molecule has 1 aromatic heterocycles. The van der Waals surface area contributed by atoms with E-state index in [1.807, 2.05) is 6.07 Å². The minimum atomic E-state index is 0.0599. The van der Waals surface area contributed by atoms with E-state index < -0.39 is 0 Å². The normalized spacial score (nSPS) is 11.8. The van der Waals surface area contributed by atoms with E-state index in [9.17, 15) is 0 Å². The average Bonchev–Trinajstić information content (AvgIpc) is 3.20. The third-order valence-corrected chi connectivity index (χ3v) is 6.50. The van der Waals surface area contributed by atoms with Crippen LogP contribution < -0.4 is 0 Å². The lowest BCUT2D eigenvalue weighted by Crippen LogP contribution is -2.12. The van der Waals surface area contributed by atoms with Gasteiger partial charge in [-0.15, -0.1) is 0 Å². The molecule has 5 rings (SSSR count). The van der Waals surface area contributed by atoms with Gasteiger partial charge in [-0.1, -0.05) is 93.6 Å². The molecule has 5 aromatic rings. The van der Waals surface area contributed by atoms with Crippen LogP contribution in [0.3, 0.4) is 0 Å². The van der Waals surface area contributed by atoms with E-state index >= 15 is 0 Å². The van der Waals surface area contributed by atoms with Crippen LogP contribution in [0, 0.1) is 0 Å². The number of hydrogen-bond acceptors (Lipinski definition) is 1. The summed E-state index contributed by atoms with van der Waals surface area (Å²) < 4.78 is 3.29. The maximum atomic E-state index is 5.08. The van der Waals surface area contributed by atoms with E-state index in [0.29, 0.717) is 0 Å². The monoisotopic (exact) mass is 480 g/mol. The molecule has 0 spiro atoms. The number of fused-ring (bicyclic) bond motifs is 1. The zero-order valence-corrected chi connectivity index (χ0v) is 20.1. The van der Waals surface area contributed by atoms with Crippen molar-refractivity contribution in [2.75, 3.05) is 0 Å². The lowest BCUT2D eigenvalue weighted by atomic mass is 9.85. The Hall–Kier alpha value is -3.17. The molecular formula is C29H25BrN2. The molecule has 0 aliphatic heterocycles. The smallest absolute Gasteiger partial charge is 0.145 e. The quantitative estimate of drug-likeness (QED) is 0.253.